The summed E-state index contributed by atoms with van der Waals surface area (Å²) in [6, 6.07) is 1.69. The van der Waals surface area contributed by atoms with E-state index >= 15 is 0 Å². The summed E-state index contributed by atoms with van der Waals surface area (Å²) in [7, 11) is -3.37. The third-order valence-corrected chi connectivity index (χ3v) is 4.70. The van der Waals surface area contributed by atoms with E-state index in [4.69, 9.17) is 0 Å². The van der Waals surface area contributed by atoms with E-state index in [1.807, 2.05) is 0 Å². The summed E-state index contributed by atoms with van der Waals surface area (Å²) in [4.78, 5) is 7.85. The highest BCUT2D eigenvalue weighted by molar-refractivity contribution is 7.91. The minimum atomic E-state index is -3.37. The SMILES string of the molecule is Cc1ccnc(S(=O)(=O)[C@@H]2CCCNC2)n1. The number of nitrogens with one attached hydrogen (secondary N) is 1. The van der Waals surface area contributed by atoms with Gasteiger partial charge in [0.1, 0.15) is 0 Å². The molecule has 1 aromatic rings. The fourth-order valence-electron chi connectivity index (χ4n) is 1.80. The van der Waals surface area contributed by atoms with Crippen molar-refractivity contribution in [2.24, 2.45) is 0 Å². The van der Waals surface area contributed by atoms with Crippen LogP contribution in [0.3, 0.4) is 0 Å². The maximum atomic E-state index is 12.2. The third kappa shape index (κ3) is 2.22. The van der Waals surface area contributed by atoms with Gasteiger partial charge < -0.3 is 5.32 Å². The smallest absolute Gasteiger partial charge is 0.247 e. The summed E-state index contributed by atoms with van der Waals surface area (Å²) in [5.74, 6) is 0. The molecule has 0 bridgehead atoms. The van der Waals surface area contributed by atoms with E-state index in [9.17, 15) is 8.42 Å². The van der Waals surface area contributed by atoms with Crippen molar-refractivity contribution in [3.8, 4) is 0 Å². The Morgan fingerprint density at radius 2 is 2.31 bits per heavy atom. The van der Waals surface area contributed by atoms with Gasteiger partial charge in [-0.2, -0.15) is 0 Å². The molecule has 0 unspecified atom stereocenters. The summed E-state index contributed by atoms with van der Waals surface area (Å²) in [6.07, 6.45) is 3.06. The van der Waals surface area contributed by atoms with E-state index in [0.29, 0.717) is 18.7 Å². The van der Waals surface area contributed by atoms with Gasteiger partial charge in [-0.05, 0) is 32.4 Å². The fraction of sp³-hybridized carbons (Fsp3) is 0.600. The van der Waals surface area contributed by atoms with Crippen LogP contribution in [0.2, 0.25) is 0 Å². The molecule has 1 aliphatic heterocycles. The van der Waals surface area contributed by atoms with Crippen LogP contribution in [0.5, 0.6) is 0 Å². The molecule has 0 saturated carbocycles. The summed E-state index contributed by atoms with van der Waals surface area (Å²) in [6.45, 7) is 3.15. The first-order chi connectivity index (χ1) is 7.60. The van der Waals surface area contributed by atoms with Crippen molar-refractivity contribution in [3.05, 3.63) is 18.0 Å². The first kappa shape index (κ1) is 11.5. The maximum absolute atomic E-state index is 12.2. The van der Waals surface area contributed by atoms with Crippen LogP contribution in [0.15, 0.2) is 17.4 Å². The van der Waals surface area contributed by atoms with Gasteiger partial charge in [0.15, 0.2) is 0 Å². The summed E-state index contributed by atoms with van der Waals surface area (Å²) >= 11 is 0. The van der Waals surface area contributed by atoms with Crippen LogP contribution in [-0.2, 0) is 9.84 Å². The van der Waals surface area contributed by atoms with Crippen LogP contribution in [0.25, 0.3) is 0 Å². The van der Waals surface area contributed by atoms with Gasteiger partial charge in [-0.1, -0.05) is 0 Å². The zero-order valence-corrected chi connectivity index (χ0v) is 10.00. The lowest BCUT2D eigenvalue weighted by Gasteiger charge is -2.21. The maximum Gasteiger partial charge on any atom is 0.247 e. The number of hydrogen-bond donors (Lipinski definition) is 1. The number of hydrogen-bond acceptors (Lipinski definition) is 5. The molecule has 1 fully saturated rings. The Bertz CT molecular complexity index is 467. The average molecular weight is 241 g/mol. The Hall–Kier alpha value is -1.01. The zero-order chi connectivity index (χ0) is 11.6. The van der Waals surface area contributed by atoms with E-state index in [1.54, 1.807) is 13.0 Å². The monoisotopic (exact) mass is 241 g/mol. The minimum absolute atomic E-state index is 0.0406. The Balaban J connectivity index is 2.30. The predicted molar refractivity (Wildman–Crippen MR) is 59.8 cm³/mol. The standard InChI is InChI=1S/C10H15N3O2S/c1-8-4-6-12-10(13-8)16(14,15)9-3-2-5-11-7-9/h4,6,9,11H,2-3,5,7H2,1H3/t9-/m1/s1. The third-order valence-electron chi connectivity index (χ3n) is 2.72. The topological polar surface area (TPSA) is 72.0 Å². The van der Waals surface area contributed by atoms with Gasteiger partial charge in [0.25, 0.3) is 0 Å². The average Bonchev–Trinajstić information content (AvgIpc) is 2.30. The number of rotatable bonds is 2. The molecule has 88 valence electrons. The number of sulfone groups is 1. The van der Waals surface area contributed by atoms with Crippen LogP contribution < -0.4 is 5.32 Å². The highest BCUT2D eigenvalue weighted by atomic mass is 32.2. The Morgan fingerprint density at radius 3 is 2.94 bits per heavy atom. The van der Waals surface area contributed by atoms with Gasteiger partial charge in [-0.15, -0.1) is 0 Å². The van der Waals surface area contributed by atoms with E-state index in [2.05, 4.69) is 15.3 Å². The van der Waals surface area contributed by atoms with Gasteiger partial charge in [-0.25, -0.2) is 18.4 Å². The van der Waals surface area contributed by atoms with Crippen molar-refractivity contribution in [3.63, 3.8) is 0 Å². The molecular weight excluding hydrogens is 226 g/mol. The van der Waals surface area contributed by atoms with Gasteiger partial charge in [0.05, 0.1) is 5.25 Å². The first-order valence-corrected chi connectivity index (χ1v) is 6.89. The first-order valence-electron chi connectivity index (χ1n) is 5.35. The van der Waals surface area contributed by atoms with Crippen LogP contribution in [0.4, 0.5) is 0 Å². The lowest BCUT2D eigenvalue weighted by Crippen LogP contribution is -2.39. The lowest BCUT2D eigenvalue weighted by molar-refractivity contribution is 0.493. The number of nitrogens with zero attached hydrogens (tertiary/aromatic N) is 2. The van der Waals surface area contributed by atoms with E-state index in [-0.39, 0.29) is 10.4 Å². The predicted octanol–water partition coefficient (Wildman–Crippen LogP) is 0.311. The highest BCUT2D eigenvalue weighted by Crippen LogP contribution is 2.17. The van der Waals surface area contributed by atoms with Gasteiger partial charge >= 0.3 is 0 Å². The summed E-state index contributed by atoms with van der Waals surface area (Å²) < 4.78 is 24.3. The van der Waals surface area contributed by atoms with Gasteiger partial charge in [-0.3, -0.25) is 0 Å². The molecule has 1 aliphatic rings. The highest BCUT2D eigenvalue weighted by Gasteiger charge is 2.31. The molecule has 0 spiro atoms. The van der Waals surface area contributed by atoms with Gasteiger partial charge in [0, 0.05) is 18.4 Å². The van der Waals surface area contributed by atoms with Crippen molar-refractivity contribution in [1.29, 1.82) is 0 Å². The summed E-state index contributed by atoms with van der Waals surface area (Å²) in [5, 5.41) is 2.66. The normalized spacial score (nSPS) is 21.9. The van der Waals surface area contributed by atoms with E-state index in [0.717, 1.165) is 13.0 Å². The molecule has 2 heterocycles. The van der Waals surface area contributed by atoms with Crippen LogP contribution in [-0.4, -0.2) is 36.7 Å². The molecule has 0 aromatic carbocycles. The van der Waals surface area contributed by atoms with Crippen molar-refractivity contribution >= 4 is 9.84 Å². The van der Waals surface area contributed by atoms with Crippen LogP contribution in [0.1, 0.15) is 18.5 Å². The minimum Gasteiger partial charge on any atom is -0.315 e. The summed E-state index contributed by atoms with van der Waals surface area (Å²) in [5.41, 5.74) is 0.678. The molecule has 5 nitrogen and oxygen atoms in total. The van der Waals surface area contributed by atoms with E-state index in [1.165, 1.54) is 6.20 Å². The molecule has 1 N–H and O–H groups in total. The molecule has 2 rings (SSSR count). The zero-order valence-electron chi connectivity index (χ0n) is 9.18. The number of aromatic nitrogens is 2. The van der Waals surface area contributed by atoms with Crippen molar-refractivity contribution in [2.45, 2.75) is 30.2 Å². The Labute approximate surface area is 95.2 Å². The number of aryl methyl sites for hydroxylation is 1. The lowest BCUT2D eigenvalue weighted by atomic mass is 10.2. The molecule has 1 aromatic heterocycles. The number of piperidine rings is 1. The van der Waals surface area contributed by atoms with Gasteiger partial charge in [0.2, 0.25) is 15.0 Å². The molecule has 0 radical (unpaired) electrons. The second-order valence-corrected chi connectivity index (χ2v) is 6.12. The quantitative estimate of drug-likeness (QED) is 0.754. The Morgan fingerprint density at radius 1 is 1.50 bits per heavy atom. The fourth-order valence-corrected chi connectivity index (χ4v) is 3.39. The molecule has 6 heteroatoms. The van der Waals surface area contributed by atoms with Crippen LogP contribution in [0, 0.1) is 6.92 Å². The van der Waals surface area contributed by atoms with E-state index < -0.39 is 9.84 Å². The molecule has 0 amide bonds. The second kappa shape index (κ2) is 4.47. The molecule has 1 atom stereocenters. The largest absolute Gasteiger partial charge is 0.315 e. The second-order valence-electron chi connectivity index (χ2n) is 3.99. The van der Waals surface area contributed by atoms with Crippen molar-refractivity contribution in [2.75, 3.05) is 13.1 Å². The van der Waals surface area contributed by atoms with Crippen LogP contribution >= 0.6 is 0 Å². The van der Waals surface area contributed by atoms with Crippen molar-refractivity contribution in [1.82, 2.24) is 15.3 Å². The van der Waals surface area contributed by atoms with Crippen molar-refractivity contribution < 1.29 is 8.42 Å². The molecule has 16 heavy (non-hydrogen) atoms. The Kier molecular flexibility index (Phi) is 3.20. The molecule has 1 saturated heterocycles. The molecular formula is C10H15N3O2S. The molecule has 0 aliphatic carbocycles.